The summed E-state index contributed by atoms with van der Waals surface area (Å²) in [4.78, 5) is 26.6. The SMILES string of the molecule is Cc1nn(C2CC3(C2)CN(C2COC2)C3)cc1Nc1ncc2ccc(N3C(=O)[C@@H]4CC[C@H]3C4)cc2n1. The van der Waals surface area contributed by atoms with Gasteiger partial charge in [0, 0.05) is 48.5 Å². The van der Waals surface area contributed by atoms with Crippen molar-refractivity contribution in [2.24, 2.45) is 11.3 Å². The molecule has 2 atom stereocenters. The van der Waals surface area contributed by atoms with Gasteiger partial charge >= 0.3 is 0 Å². The Kier molecular flexibility index (Phi) is 4.39. The van der Waals surface area contributed by atoms with Crippen molar-refractivity contribution in [2.75, 3.05) is 36.5 Å². The van der Waals surface area contributed by atoms with E-state index in [4.69, 9.17) is 14.8 Å². The van der Waals surface area contributed by atoms with Crippen LogP contribution in [0.5, 0.6) is 0 Å². The lowest BCUT2D eigenvalue weighted by molar-refractivity contribution is -0.165. The normalized spacial score (nSPS) is 27.5. The molecular weight excluding hydrogens is 454 g/mol. The van der Waals surface area contributed by atoms with E-state index >= 15 is 0 Å². The molecule has 2 bridgehead atoms. The number of fused-ring (bicyclic) bond motifs is 3. The number of hydrogen-bond acceptors (Lipinski definition) is 7. The first kappa shape index (κ1) is 21.1. The van der Waals surface area contributed by atoms with Gasteiger partial charge in [-0.3, -0.25) is 14.4 Å². The predicted molar refractivity (Wildman–Crippen MR) is 135 cm³/mol. The molecule has 2 aromatic heterocycles. The maximum atomic E-state index is 12.7. The summed E-state index contributed by atoms with van der Waals surface area (Å²) in [6.45, 7) is 6.26. The molecule has 36 heavy (non-hydrogen) atoms. The zero-order valence-electron chi connectivity index (χ0n) is 20.6. The first-order chi connectivity index (χ1) is 17.5. The van der Waals surface area contributed by atoms with Gasteiger partial charge in [0.25, 0.3) is 0 Å². The lowest BCUT2D eigenvalue weighted by Gasteiger charge is -2.61. The van der Waals surface area contributed by atoms with Gasteiger partial charge in [0.2, 0.25) is 11.9 Å². The average Bonchev–Trinajstić information content (AvgIpc) is 3.48. The van der Waals surface area contributed by atoms with E-state index in [1.165, 1.54) is 25.9 Å². The minimum atomic E-state index is 0.207. The second kappa shape index (κ2) is 7.49. The third-order valence-electron chi connectivity index (χ3n) is 9.29. The van der Waals surface area contributed by atoms with Crippen LogP contribution in [0.1, 0.15) is 43.8 Å². The molecule has 5 aliphatic rings. The molecule has 0 radical (unpaired) electrons. The number of carbonyl (C=O) groups is 1. The number of amides is 1. The van der Waals surface area contributed by atoms with Crippen molar-refractivity contribution in [3.63, 3.8) is 0 Å². The fourth-order valence-electron chi connectivity index (χ4n) is 7.16. The quantitative estimate of drug-likeness (QED) is 0.592. The maximum Gasteiger partial charge on any atom is 0.230 e. The monoisotopic (exact) mass is 485 g/mol. The number of ether oxygens (including phenoxy) is 1. The molecule has 2 aliphatic carbocycles. The summed E-state index contributed by atoms with van der Waals surface area (Å²) < 4.78 is 7.48. The van der Waals surface area contributed by atoms with Crippen molar-refractivity contribution in [3.05, 3.63) is 36.3 Å². The zero-order chi connectivity index (χ0) is 24.0. The molecule has 1 spiro atoms. The molecule has 1 N–H and O–H groups in total. The average molecular weight is 486 g/mol. The van der Waals surface area contributed by atoms with Crippen LogP contribution in [0.3, 0.4) is 0 Å². The molecule has 1 amide bonds. The molecule has 5 fully saturated rings. The molecule has 186 valence electrons. The third-order valence-corrected chi connectivity index (χ3v) is 9.29. The van der Waals surface area contributed by atoms with E-state index in [2.05, 4.69) is 26.1 Å². The van der Waals surface area contributed by atoms with E-state index in [9.17, 15) is 4.79 Å². The first-order valence-corrected chi connectivity index (χ1v) is 13.3. The van der Waals surface area contributed by atoms with Crippen LogP contribution in [0.4, 0.5) is 17.3 Å². The Hall–Kier alpha value is -3.04. The van der Waals surface area contributed by atoms with E-state index in [1.807, 2.05) is 36.2 Å². The Bertz CT molecular complexity index is 1370. The van der Waals surface area contributed by atoms with Crippen LogP contribution in [0.15, 0.2) is 30.6 Å². The minimum Gasteiger partial charge on any atom is -0.378 e. The molecule has 2 saturated carbocycles. The lowest BCUT2D eigenvalue weighted by Crippen LogP contribution is -2.68. The minimum absolute atomic E-state index is 0.207. The highest BCUT2D eigenvalue weighted by molar-refractivity contribution is 6.00. The fourth-order valence-corrected chi connectivity index (χ4v) is 7.16. The van der Waals surface area contributed by atoms with Gasteiger partial charge in [0.1, 0.15) is 0 Å². The van der Waals surface area contributed by atoms with Gasteiger partial charge < -0.3 is 15.0 Å². The number of carbonyl (C=O) groups excluding carboxylic acids is 1. The number of aromatic nitrogens is 4. The summed E-state index contributed by atoms with van der Waals surface area (Å²) in [5.74, 6) is 1.03. The fraction of sp³-hybridized carbons (Fsp3) is 0.556. The first-order valence-electron chi connectivity index (χ1n) is 13.3. The van der Waals surface area contributed by atoms with Crippen LogP contribution in [0.25, 0.3) is 10.9 Å². The molecule has 9 nitrogen and oxygen atoms in total. The third kappa shape index (κ3) is 3.15. The summed E-state index contributed by atoms with van der Waals surface area (Å²) in [6, 6.07) is 7.53. The number of aryl methyl sites for hydroxylation is 1. The van der Waals surface area contributed by atoms with Gasteiger partial charge in [-0.1, -0.05) is 0 Å². The summed E-state index contributed by atoms with van der Waals surface area (Å²) in [5, 5.41) is 9.17. The molecule has 3 saturated heterocycles. The Balaban J connectivity index is 0.974. The molecule has 9 heteroatoms. The molecule has 3 aromatic rings. The van der Waals surface area contributed by atoms with Gasteiger partial charge in [0.15, 0.2) is 0 Å². The zero-order valence-corrected chi connectivity index (χ0v) is 20.6. The van der Waals surface area contributed by atoms with Crippen molar-refractivity contribution in [3.8, 4) is 0 Å². The van der Waals surface area contributed by atoms with Gasteiger partial charge in [0.05, 0.1) is 42.2 Å². The number of piperidine rings is 1. The van der Waals surface area contributed by atoms with Crippen LogP contribution in [-0.2, 0) is 9.53 Å². The van der Waals surface area contributed by atoms with E-state index in [1.54, 1.807) is 0 Å². The topological polar surface area (TPSA) is 88.4 Å². The molecule has 1 aromatic carbocycles. The highest BCUT2D eigenvalue weighted by Gasteiger charge is 2.55. The maximum absolute atomic E-state index is 12.7. The van der Waals surface area contributed by atoms with Crippen LogP contribution >= 0.6 is 0 Å². The standard InChI is InChI=1S/C27H31N7O2/c1-16-24(11-33(31-16)21-8-27(9-21)14-32(15-27)22-12-36-13-22)30-26-28-10-18-3-5-20(7-23(18)29-26)34-19-4-2-17(6-19)25(34)35/h3,5,7,10-11,17,19,21-22H,2,4,6,8-9,12-15H2,1H3,(H,28,29,30)/t17-,19+/m1/s1. The van der Waals surface area contributed by atoms with Crippen molar-refractivity contribution in [1.29, 1.82) is 0 Å². The number of rotatable bonds is 5. The molecular formula is C27H31N7O2. The predicted octanol–water partition coefficient (Wildman–Crippen LogP) is 3.43. The van der Waals surface area contributed by atoms with E-state index in [-0.39, 0.29) is 11.8 Å². The van der Waals surface area contributed by atoms with Gasteiger partial charge in [-0.2, -0.15) is 5.10 Å². The van der Waals surface area contributed by atoms with Crippen molar-refractivity contribution in [1.82, 2.24) is 24.6 Å². The number of nitrogens with zero attached hydrogens (tertiary/aromatic N) is 6. The Labute approximate surface area is 209 Å². The van der Waals surface area contributed by atoms with Gasteiger partial charge in [-0.05, 0) is 62.6 Å². The largest absolute Gasteiger partial charge is 0.378 e. The summed E-state index contributed by atoms with van der Waals surface area (Å²) in [7, 11) is 0. The smallest absolute Gasteiger partial charge is 0.230 e. The van der Waals surface area contributed by atoms with Crippen LogP contribution in [-0.4, -0.2) is 68.9 Å². The number of hydrogen-bond donors (Lipinski definition) is 1. The van der Waals surface area contributed by atoms with Crippen LogP contribution in [0.2, 0.25) is 0 Å². The Morgan fingerprint density at radius 1 is 1.11 bits per heavy atom. The van der Waals surface area contributed by atoms with Gasteiger partial charge in [-0.25, -0.2) is 9.97 Å². The number of anilines is 3. The van der Waals surface area contributed by atoms with E-state index in [0.29, 0.717) is 29.5 Å². The molecule has 5 heterocycles. The highest BCUT2D eigenvalue weighted by Crippen LogP contribution is 2.55. The van der Waals surface area contributed by atoms with Crippen molar-refractivity contribution < 1.29 is 9.53 Å². The summed E-state index contributed by atoms with van der Waals surface area (Å²) in [5.41, 5.74) is 4.18. The second-order valence-corrected chi connectivity index (χ2v) is 11.7. The summed E-state index contributed by atoms with van der Waals surface area (Å²) >= 11 is 0. The summed E-state index contributed by atoms with van der Waals surface area (Å²) in [6.07, 6.45) is 9.47. The number of nitrogens with one attached hydrogen (secondary N) is 1. The molecule has 0 unspecified atom stereocenters. The van der Waals surface area contributed by atoms with E-state index in [0.717, 1.165) is 60.4 Å². The number of benzene rings is 1. The van der Waals surface area contributed by atoms with E-state index < -0.39 is 0 Å². The van der Waals surface area contributed by atoms with Gasteiger partial charge in [-0.15, -0.1) is 0 Å². The van der Waals surface area contributed by atoms with Crippen LogP contribution in [0, 0.1) is 18.3 Å². The number of likely N-dealkylation sites (tertiary alicyclic amines) is 1. The second-order valence-electron chi connectivity index (χ2n) is 11.7. The lowest BCUT2D eigenvalue weighted by atomic mass is 9.60. The highest BCUT2D eigenvalue weighted by atomic mass is 16.5. The molecule has 8 rings (SSSR count). The van der Waals surface area contributed by atoms with Crippen molar-refractivity contribution >= 4 is 34.1 Å². The Morgan fingerprint density at radius 3 is 2.72 bits per heavy atom. The van der Waals surface area contributed by atoms with Crippen LogP contribution < -0.4 is 10.2 Å². The van der Waals surface area contributed by atoms with Crippen molar-refractivity contribution in [2.45, 2.75) is 57.2 Å². The molecule has 3 aliphatic heterocycles. The Morgan fingerprint density at radius 2 is 1.97 bits per heavy atom.